The van der Waals surface area contributed by atoms with E-state index in [1.807, 2.05) is 26.2 Å². The Morgan fingerprint density at radius 3 is 2.65 bits per heavy atom. The third kappa shape index (κ3) is 2.75. The summed E-state index contributed by atoms with van der Waals surface area (Å²) < 4.78 is 0. The van der Waals surface area contributed by atoms with Gasteiger partial charge in [-0.15, -0.1) is 11.3 Å². The molecule has 1 aromatic heterocycles. The van der Waals surface area contributed by atoms with Gasteiger partial charge in [0.05, 0.1) is 22.7 Å². The molecular formula is C13H20N2OS. The third-order valence-corrected chi connectivity index (χ3v) is 4.41. The van der Waals surface area contributed by atoms with Crippen molar-refractivity contribution < 1.29 is 4.79 Å². The average Bonchev–Trinajstić information content (AvgIpc) is 2.89. The largest absolute Gasteiger partial charge is 0.297 e. The van der Waals surface area contributed by atoms with Crippen molar-refractivity contribution in [2.75, 3.05) is 13.1 Å². The second kappa shape index (κ2) is 4.86. The predicted octanol–water partition coefficient (Wildman–Crippen LogP) is 2.44. The summed E-state index contributed by atoms with van der Waals surface area (Å²) in [5, 5.41) is 3.03. The zero-order valence-electron chi connectivity index (χ0n) is 10.8. The van der Waals surface area contributed by atoms with Gasteiger partial charge in [-0.3, -0.25) is 9.69 Å². The van der Waals surface area contributed by atoms with E-state index in [0.29, 0.717) is 6.42 Å². The minimum absolute atomic E-state index is 0.282. The quantitative estimate of drug-likeness (QED) is 0.825. The Labute approximate surface area is 107 Å². The van der Waals surface area contributed by atoms with Gasteiger partial charge in [-0.05, 0) is 46.7 Å². The smallest absolute Gasteiger partial charge is 0.158 e. The van der Waals surface area contributed by atoms with Crippen molar-refractivity contribution in [2.45, 2.75) is 45.6 Å². The van der Waals surface area contributed by atoms with Gasteiger partial charge in [-0.2, -0.15) is 0 Å². The lowest BCUT2D eigenvalue weighted by Crippen LogP contribution is -2.49. The molecule has 2 heterocycles. The molecule has 0 unspecified atom stereocenters. The van der Waals surface area contributed by atoms with Gasteiger partial charge in [0.25, 0.3) is 0 Å². The van der Waals surface area contributed by atoms with Crippen molar-refractivity contribution in [2.24, 2.45) is 0 Å². The first-order chi connectivity index (χ1) is 8.00. The van der Waals surface area contributed by atoms with Crippen LogP contribution < -0.4 is 0 Å². The van der Waals surface area contributed by atoms with E-state index in [-0.39, 0.29) is 11.3 Å². The maximum absolute atomic E-state index is 12.4. The topological polar surface area (TPSA) is 33.2 Å². The highest BCUT2D eigenvalue weighted by atomic mass is 32.1. The molecule has 0 N–H and O–H groups in total. The summed E-state index contributed by atoms with van der Waals surface area (Å²) in [7, 11) is 0. The van der Waals surface area contributed by atoms with Crippen LogP contribution in [0.3, 0.4) is 0 Å². The first kappa shape index (κ1) is 12.7. The van der Waals surface area contributed by atoms with Crippen LogP contribution in [0.5, 0.6) is 0 Å². The number of rotatable bonds is 4. The molecule has 1 saturated heterocycles. The number of Topliss-reactive ketones (excluding diaryl/α,β-unsaturated/α-hetero) is 1. The highest BCUT2D eigenvalue weighted by molar-refractivity contribution is 7.09. The number of hydrogen-bond acceptors (Lipinski definition) is 4. The van der Waals surface area contributed by atoms with Gasteiger partial charge in [0.1, 0.15) is 0 Å². The van der Waals surface area contributed by atoms with Gasteiger partial charge >= 0.3 is 0 Å². The lowest BCUT2D eigenvalue weighted by Gasteiger charge is -2.33. The monoisotopic (exact) mass is 252 g/mol. The standard InChI is InChI=1S/C13H20N2OS/c1-10-14-11(9-17-10)8-12(16)13(2,3)15-6-4-5-7-15/h9H,4-8H2,1-3H3. The Hall–Kier alpha value is -0.740. The molecule has 1 aliphatic rings. The molecule has 17 heavy (non-hydrogen) atoms. The molecule has 1 fully saturated rings. The normalized spacial score (nSPS) is 17.6. The van der Waals surface area contributed by atoms with E-state index in [2.05, 4.69) is 9.88 Å². The number of aryl methyl sites for hydroxylation is 1. The van der Waals surface area contributed by atoms with Crippen molar-refractivity contribution in [3.63, 3.8) is 0 Å². The highest BCUT2D eigenvalue weighted by Gasteiger charge is 2.35. The van der Waals surface area contributed by atoms with Crippen molar-refractivity contribution in [1.82, 2.24) is 9.88 Å². The number of carbonyl (C=O) groups excluding carboxylic acids is 1. The van der Waals surface area contributed by atoms with Crippen molar-refractivity contribution >= 4 is 17.1 Å². The molecule has 0 atom stereocenters. The Bertz CT molecular complexity index is 405. The SMILES string of the molecule is Cc1nc(CC(=O)C(C)(C)N2CCCC2)cs1. The average molecular weight is 252 g/mol. The van der Waals surface area contributed by atoms with Crippen LogP contribution in [-0.2, 0) is 11.2 Å². The van der Waals surface area contributed by atoms with E-state index in [9.17, 15) is 4.79 Å². The zero-order valence-corrected chi connectivity index (χ0v) is 11.6. The summed E-state index contributed by atoms with van der Waals surface area (Å²) in [5.41, 5.74) is 0.582. The molecule has 0 amide bonds. The maximum atomic E-state index is 12.4. The second-order valence-electron chi connectivity index (χ2n) is 5.21. The highest BCUT2D eigenvalue weighted by Crippen LogP contribution is 2.23. The molecule has 0 spiro atoms. The number of ketones is 1. The summed E-state index contributed by atoms with van der Waals surface area (Å²) in [6.45, 7) is 8.16. The molecule has 94 valence electrons. The van der Waals surface area contributed by atoms with E-state index in [1.165, 1.54) is 12.8 Å². The fourth-order valence-electron chi connectivity index (χ4n) is 2.32. The fourth-order valence-corrected chi connectivity index (χ4v) is 2.94. The summed E-state index contributed by atoms with van der Waals surface area (Å²) in [6, 6.07) is 0. The lowest BCUT2D eigenvalue weighted by atomic mass is 9.94. The van der Waals surface area contributed by atoms with E-state index in [0.717, 1.165) is 23.8 Å². The minimum atomic E-state index is -0.339. The van der Waals surface area contributed by atoms with Crippen molar-refractivity contribution in [3.05, 3.63) is 16.1 Å². The molecule has 2 rings (SSSR count). The Balaban J connectivity index is 2.03. The summed E-state index contributed by atoms with van der Waals surface area (Å²) in [6.07, 6.45) is 2.90. The summed E-state index contributed by atoms with van der Waals surface area (Å²) in [5.74, 6) is 0.282. The fraction of sp³-hybridized carbons (Fsp3) is 0.692. The van der Waals surface area contributed by atoms with Crippen LogP contribution in [0.1, 0.15) is 37.4 Å². The van der Waals surface area contributed by atoms with Crippen LogP contribution in [0, 0.1) is 6.92 Å². The van der Waals surface area contributed by atoms with E-state index in [4.69, 9.17) is 0 Å². The Kier molecular flexibility index (Phi) is 3.64. The molecule has 1 aromatic rings. The molecule has 0 aliphatic carbocycles. The van der Waals surface area contributed by atoms with Gasteiger partial charge in [-0.1, -0.05) is 0 Å². The number of likely N-dealkylation sites (tertiary alicyclic amines) is 1. The van der Waals surface area contributed by atoms with Crippen molar-refractivity contribution in [3.8, 4) is 0 Å². The van der Waals surface area contributed by atoms with Crippen LogP contribution in [0.2, 0.25) is 0 Å². The number of nitrogens with zero attached hydrogens (tertiary/aromatic N) is 2. The number of carbonyl (C=O) groups is 1. The molecule has 4 heteroatoms. The van der Waals surface area contributed by atoms with Crippen LogP contribution >= 0.6 is 11.3 Å². The van der Waals surface area contributed by atoms with Gasteiger partial charge in [0, 0.05) is 5.38 Å². The third-order valence-electron chi connectivity index (χ3n) is 3.59. The van der Waals surface area contributed by atoms with Crippen molar-refractivity contribution in [1.29, 1.82) is 0 Å². The van der Waals surface area contributed by atoms with Gasteiger partial charge in [0.15, 0.2) is 5.78 Å². The minimum Gasteiger partial charge on any atom is -0.297 e. The van der Waals surface area contributed by atoms with Crippen LogP contribution in [0.4, 0.5) is 0 Å². The number of hydrogen-bond donors (Lipinski definition) is 0. The predicted molar refractivity (Wildman–Crippen MR) is 70.4 cm³/mol. The van der Waals surface area contributed by atoms with E-state index in [1.54, 1.807) is 11.3 Å². The van der Waals surface area contributed by atoms with Crippen LogP contribution in [0.15, 0.2) is 5.38 Å². The number of thiazole rings is 1. The molecule has 3 nitrogen and oxygen atoms in total. The zero-order chi connectivity index (χ0) is 12.5. The Morgan fingerprint density at radius 1 is 1.47 bits per heavy atom. The van der Waals surface area contributed by atoms with Gasteiger partial charge in [-0.25, -0.2) is 4.98 Å². The summed E-state index contributed by atoms with van der Waals surface area (Å²) in [4.78, 5) is 19.0. The molecular weight excluding hydrogens is 232 g/mol. The molecule has 0 aromatic carbocycles. The van der Waals surface area contributed by atoms with Gasteiger partial charge in [0.2, 0.25) is 0 Å². The maximum Gasteiger partial charge on any atom is 0.158 e. The molecule has 0 saturated carbocycles. The lowest BCUT2D eigenvalue weighted by molar-refractivity contribution is -0.128. The molecule has 0 bridgehead atoms. The number of aromatic nitrogens is 1. The first-order valence-corrected chi connectivity index (χ1v) is 7.07. The van der Waals surface area contributed by atoms with Crippen LogP contribution in [0.25, 0.3) is 0 Å². The van der Waals surface area contributed by atoms with Gasteiger partial charge < -0.3 is 0 Å². The van der Waals surface area contributed by atoms with Crippen LogP contribution in [-0.4, -0.2) is 34.3 Å². The first-order valence-electron chi connectivity index (χ1n) is 6.19. The molecule has 1 aliphatic heterocycles. The summed E-state index contributed by atoms with van der Waals surface area (Å²) >= 11 is 1.61. The van der Waals surface area contributed by atoms with E-state index >= 15 is 0 Å². The van der Waals surface area contributed by atoms with E-state index < -0.39 is 0 Å². The Morgan fingerprint density at radius 2 is 2.12 bits per heavy atom. The molecule has 0 radical (unpaired) electrons. The second-order valence-corrected chi connectivity index (χ2v) is 6.27.